The smallest absolute Gasteiger partial charge is 0.329 e. The zero-order chi connectivity index (χ0) is 53.0. The van der Waals surface area contributed by atoms with E-state index in [0.29, 0.717) is 50.9 Å². The summed E-state index contributed by atoms with van der Waals surface area (Å²) in [5.74, 6) is -5.61. The summed E-state index contributed by atoms with van der Waals surface area (Å²) in [5, 5.41) is 19.5. The molecule has 4 aliphatic heterocycles. The number of imide groups is 1. The number of halogens is 5. The number of urea groups is 1. The third kappa shape index (κ3) is 9.47. The number of amides is 5. The van der Waals surface area contributed by atoms with E-state index in [0.717, 1.165) is 31.2 Å². The van der Waals surface area contributed by atoms with Gasteiger partial charge >= 0.3 is 6.03 Å². The minimum Gasteiger partial charge on any atom is -0.488 e. The van der Waals surface area contributed by atoms with Crippen LogP contribution in [0.3, 0.4) is 0 Å². The second-order valence-electron chi connectivity index (χ2n) is 20.8. The Bertz CT molecular complexity index is 3060. The van der Waals surface area contributed by atoms with Crippen LogP contribution in [0.2, 0.25) is 5.02 Å². The molecule has 3 saturated heterocycles. The molecule has 1 aliphatic carbocycles. The maximum Gasteiger partial charge on any atom is 0.329 e. The number of piperidine rings is 2. The molecule has 0 radical (unpaired) electrons. The molecule has 1 saturated carbocycles. The number of nitrogens with zero attached hydrogens (tertiary/aromatic N) is 5. The predicted octanol–water partition coefficient (Wildman–Crippen LogP) is 8.17. The molecule has 10 rings (SSSR count). The lowest BCUT2D eigenvalue weighted by Gasteiger charge is -2.46. The molecule has 15 nitrogen and oxygen atoms in total. The number of anilines is 1. The highest BCUT2D eigenvalue weighted by molar-refractivity contribution is 6.34. The van der Waals surface area contributed by atoms with Crippen LogP contribution in [-0.2, 0) is 22.2 Å². The van der Waals surface area contributed by atoms with Crippen molar-refractivity contribution in [2.24, 2.45) is 18.7 Å². The molecule has 0 spiro atoms. The van der Waals surface area contributed by atoms with E-state index < -0.39 is 64.3 Å². The van der Waals surface area contributed by atoms with Crippen molar-refractivity contribution in [1.29, 1.82) is 0 Å². The minimum absolute atomic E-state index is 0.000857. The van der Waals surface area contributed by atoms with Gasteiger partial charge in [-0.15, -0.1) is 0 Å². The maximum absolute atomic E-state index is 16.5. The number of fused-ring (bicyclic) bond motifs is 2. The van der Waals surface area contributed by atoms with Gasteiger partial charge in [0.1, 0.15) is 29.5 Å². The predicted molar refractivity (Wildman–Crippen MR) is 273 cm³/mol. The Morgan fingerprint density at radius 3 is 2.33 bits per heavy atom. The molecule has 5 aliphatic rings. The Labute approximate surface area is 436 Å². The Hall–Kier alpha value is -6.28. The molecule has 75 heavy (non-hydrogen) atoms. The van der Waals surface area contributed by atoms with E-state index in [2.05, 4.69) is 27.6 Å². The fraction of sp³-hybridized carbons (Fsp3) is 0.473. The second-order valence-corrected chi connectivity index (χ2v) is 21.1. The van der Waals surface area contributed by atoms with Crippen molar-refractivity contribution in [3.05, 3.63) is 105 Å². The van der Waals surface area contributed by atoms with E-state index in [1.807, 2.05) is 42.2 Å². The summed E-state index contributed by atoms with van der Waals surface area (Å²) in [6, 6.07) is 13.9. The molecule has 4 fully saturated rings. The van der Waals surface area contributed by atoms with Crippen LogP contribution in [-0.4, -0.2) is 113 Å². The third-order valence-electron chi connectivity index (χ3n) is 16.5. The number of rotatable bonds is 13. The first kappa shape index (κ1) is 52.2. The Morgan fingerprint density at radius 1 is 0.920 bits per heavy atom. The standard InChI is InChI=1S/C55H61ClF4N8O7/c1-29-25-35(66-19-15-31(16-20-66)44-38(57)26-37-50(49(44)60)65(3)64-52(37)68-22-18-42(70)63-54(68)73)17-21-67(29)53(72)32-9-11-34(12-10-32)62-28-55(33-7-5-4-6-8-33)30(2)43-41(75-55)27-39(58)47(56)46(43)45-36(51(61)71)13-14-40(48(45)59)74-24-23-69/h4-8,13-14,26-27,29-32,34-35,62,69H,9-12,15-25,28H2,1-3H3,(H2,61,71)(H,63,70,73)/t29-,30-,32?,34?,35-,55-/m0/s1. The van der Waals surface area contributed by atoms with Gasteiger partial charge in [0.15, 0.2) is 28.8 Å². The number of nitrogens with two attached hydrogens (primary N) is 1. The Morgan fingerprint density at radius 2 is 1.65 bits per heavy atom. The molecule has 0 bridgehead atoms. The Kier molecular flexibility index (Phi) is 14.6. The highest BCUT2D eigenvalue weighted by Gasteiger charge is 2.51. The number of aromatic nitrogens is 2. The van der Waals surface area contributed by atoms with E-state index in [9.17, 15) is 24.3 Å². The number of aliphatic hydroxyl groups is 1. The summed E-state index contributed by atoms with van der Waals surface area (Å²) in [5.41, 5.74) is 5.27. The minimum atomic E-state index is -1.14. The third-order valence-corrected chi connectivity index (χ3v) is 16.9. The molecule has 0 unspecified atom stereocenters. The average Bonchev–Trinajstić information content (AvgIpc) is 3.96. The van der Waals surface area contributed by atoms with Crippen molar-refractivity contribution in [1.82, 2.24) is 30.2 Å². The van der Waals surface area contributed by atoms with Crippen molar-refractivity contribution in [3.63, 3.8) is 0 Å². The van der Waals surface area contributed by atoms with Gasteiger partial charge in [-0.05, 0) is 101 Å². The summed E-state index contributed by atoms with van der Waals surface area (Å²) in [4.78, 5) is 57.0. The van der Waals surface area contributed by atoms with Gasteiger partial charge in [-0.1, -0.05) is 48.9 Å². The number of carbonyl (C=O) groups excluding carboxylic acids is 4. The van der Waals surface area contributed by atoms with E-state index in [1.165, 1.54) is 33.8 Å². The first-order valence-electron chi connectivity index (χ1n) is 25.9. The van der Waals surface area contributed by atoms with E-state index >= 15 is 17.6 Å². The SMILES string of the molecule is C[C@H]1C[C@@H](N2CCC(c3c(F)cc4c(N5CCC(=O)NC5=O)nn(C)c4c3F)CC2)CCN1C(=O)C1CCC(NC[C@]2(c3ccccc3)Oc3cc(F)c(Cl)c(-c4c(C(N)=O)ccc(OCCO)c4F)c3[C@@H]2C)CC1. The van der Waals surface area contributed by atoms with Crippen molar-refractivity contribution >= 4 is 52.1 Å². The molecule has 5 amide bonds. The fourth-order valence-corrected chi connectivity index (χ4v) is 12.9. The molecule has 5 heterocycles. The number of ether oxygens (including phenoxy) is 2. The van der Waals surface area contributed by atoms with Gasteiger partial charge in [-0.25, -0.2) is 22.4 Å². The summed E-state index contributed by atoms with van der Waals surface area (Å²) < 4.78 is 78.2. The summed E-state index contributed by atoms with van der Waals surface area (Å²) in [6.07, 6.45) is 5.52. The molecule has 5 aromatic rings. The zero-order valence-electron chi connectivity index (χ0n) is 42.1. The first-order valence-corrected chi connectivity index (χ1v) is 26.3. The quantitative estimate of drug-likeness (QED) is 0.0840. The lowest BCUT2D eigenvalue weighted by molar-refractivity contribution is -0.141. The number of hydrogen-bond donors (Lipinski definition) is 4. The lowest BCUT2D eigenvalue weighted by atomic mass is 9.77. The number of hydrogen-bond acceptors (Lipinski definition) is 10. The molecular formula is C55H61ClF4N8O7. The van der Waals surface area contributed by atoms with Crippen LogP contribution in [0.1, 0.15) is 111 Å². The second kappa shape index (κ2) is 21.0. The summed E-state index contributed by atoms with van der Waals surface area (Å²) in [6.45, 7) is 5.59. The van der Waals surface area contributed by atoms with Crippen LogP contribution in [0.15, 0.2) is 54.6 Å². The Balaban J connectivity index is 0.769. The molecule has 4 atom stereocenters. The summed E-state index contributed by atoms with van der Waals surface area (Å²) >= 11 is 6.72. The molecule has 4 aromatic carbocycles. The summed E-state index contributed by atoms with van der Waals surface area (Å²) in [7, 11) is 1.55. The van der Waals surface area contributed by atoms with Gasteiger partial charge in [-0.2, -0.15) is 5.10 Å². The normalized spacial score (nSPS) is 24.6. The van der Waals surface area contributed by atoms with E-state index in [4.69, 9.17) is 26.8 Å². The van der Waals surface area contributed by atoms with E-state index in [-0.39, 0.29) is 112 Å². The van der Waals surface area contributed by atoms with Crippen LogP contribution in [0.5, 0.6) is 11.5 Å². The van der Waals surface area contributed by atoms with Gasteiger partial charge in [0.05, 0.1) is 22.6 Å². The number of likely N-dealkylation sites (tertiary alicyclic amines) is 2. The topological polar surface area (TPSA) is 185 Å². The number of aliphatic hydroxyl groups excluding tert-OH is 1. The van der Waals surface area contributed by atoms with Gasteiger partial charge in [0, 0.05) is 91.4 Å². The molecular weight excluding hydrogens is 996 g/mol. The number of carbonyl (C=O) groups is 4. The number of aryl methyl sites for hydroxylation is 1. The molecule has 20 heteroatoms. The van der Waals surface area contributed by atoms with Crippen LogP contribution in [0.25, 0.3) is 22.0 Å². The monoisotopic (exact) mass is 1060 g/mol. The van der Waals surface area contributed by atoms with Crippen LogP contribution < -0.4 is 30.7 Å². The molecule has 398 valence electrons. The van der Waals surface area contributed by atoms with Crippen molar-refractivity contribution < 1.29 is 51.3 Å². The van der Waals surface area contributed by atoms with Gasteiger partial charge < -0.3 is 35.4 Å². The van der Waals surface area contributed by atoms with Crippen LogP contribution >= 0.6 is 11.6 Å². The van der Waals surface area contributed by atoms with Gasteiger partial charge in [0.2, 0.25) is 17.7 Å². The van der Waals surface area contributed by atoms with Crippen molar-refractivity contribution in [2.75, 3.05) is 50.8 Å². The van der Waals surface area contributed by atoms with Gasteiger partial charge in [-0.3, -0.25) is 29.3 Å². The molecule has 5 N–H and O–H groups in total. The maximum atomic E-state index is 16.5. The first-order chi connectivity index (χ1) is 36.0. The largest absolute Gasteiger partial charge is 0.488 e. The lowest BCUT2D eigenvalue weighted by Crippen LogP contribution is -2.54. The average molecular weight is 1060 g/mol. The van der Waals surface area contributed by atoms with Crippen LogP contribution in [0, 0.1) is 29.2 Å². The number of primary amides is 1. The van der Waals surface area contributed by atoms with Gasteiger partial charge in [0.25, 0.3) is 0 Å². The van der Waals surface area contributed by atoms with Crippen molar-refractivity contribution in [3.8, 4) is 22.6 Å². The molecule has 1 aromatic heterocycles. The number of nitrogens with one attached hydrogen (secondary N) is 2. The zero-order valence-corrected chi connectivity index (χ0v) is 42.8. The fourth-order valence-electron chi connectivity index (χ4n) is 12.6. The highest BCUT2D eigenvalue weighted by Crippen LogP contribution is 2.57. The number of benzene rings is 4. The van der Waals surface area contributed by atoms with Crippen molar-refractivity contribution in [2.45, 2.75) is 107 Å². The van der Waals surface area contributed by atoms with Crippen LogP contribution in [0.4, 0.5) is 28.2 Å². The highest BCUT2D eigenvalue weighted by atomic mass is 35.5. The van der Waals surface area contributed by atoms with E-state index in [1.54, 1.807) is 7.05 Å².